The van der Waals surface area contributed by atoms with Crippen LogP contribution in [-0.2, 0) is 0 Å². The number of para-hydroxylation sites is 2. The minimum absolute atomic E-state index is 0.0542. The molecule has 6 nitrogen and oxygen atoms in total. The molecule has 1 aromatic rings. The van der Waals surface area contributed by atoms with Crippen molar-refractivity contribution in [2.75, 3.05) is 13.2 Å². The van der Waals surface area contributed by atoms with E-state index in [-0.39, 0.29) is 24.6 Å². The number of nitrogens with zero attached hydrogens (tertiary/aromatic N) is 1. The van der Waals surface area contributed by atoms with Crippen molar-refractivity contribution in [3.05, 3.63) is 34.4 Å². The molecule has 0 aliphatic rings. The van der Waals surface area contributed by atoms with Gasteiger partial charge in [0.1, 0.15) is 12.7 Å². The number of nitrogens with two attached hydrogens (primary N) is 1. The lowest BCUT2D eigenvalue weighted by molar-refractivity contribution is -0.385. The quantitative estimate of drug-likeness (QED) is 0.540. The van der Waals surface area contributed by atoms with Crippen molar-refractivity contribution in [3.8, 4) is 5.75 Å². The maximum absolute atomic E-state index is 10.6. The van der Waals surface area contributed by atoms with Gasteiger partial charge in [-0.15, -0.1) is 0 Å². The molecule has 0 aliphatic carbocycles. The van der Waals surface area contributed by atoms with Gasteiger partial charge in [0, 0.05) is 12.6 Å². The molecule has 6 heteroatoms. The summed E-state index contributed by atoms with van der Waals surface area (Å²) < 4.78 is 5.08. The van der Waals surface area contributed by atoms with Crippen LogP contribution in [0.5, 0.6) is 5.75 Å². The maximum Gasteiger partial charge on any atom is 0.310 e. The number of hydrogen-bond acceptors (Lipinski definition) is 5. The largest absolute Gasteiger partial charge is 0.484 e. The van der Waals surface area contributed by atoms with E-state index in [1.54, 1.807) is 12.1 Å². The van der Waals surface area contributed by atoms with Crippen molar-refractivity contribution in [3.63, 3.8) is 0 Å². The van der Waals surface area contributed by atoms with E-state index in [4.69, 9.17) is 15.6 Å². The SMILES string of the molecule is NCC(O)COc1ccccc1[N+](=O)[O-]. The molecule has 0 bridgehead atoms. The fourth-order valence-corrected chi connectivity index (χ4v) is 0.984. The number of hydrogen-bond donors (Lipinski definition) is 2. The smallest absolute Gasteiger partial charge is 0.310 e. The first-order valence-corrected chi connectivity index (χ1v) is 4.39. The Labute approximate surface area is 86.4 Å². The third-order valence-corrected chi connectivity index (χ3v) is 1.77. The summed E-state index contributed by atoms with van der Waals surface area (Å²) in [5.41, 5.74) is 5.05. The van der Waals surface area contributed by atoms with Crippen LogP contribution in [0.4, 0.5) is 5.69 Å². The van der Waals surface area contributed by atoms with Gasteiger partial charge in [0.25, 0.3) is 0 Å². The summed E-state index contributed by atoms with van der Waals surface area (Å²) in [5.74, 6) is 0.134. The Morgan fingerprint density at radius 1 is 1.53 bits per heavy atom. The minimum atomic E-state index is -0.815. The van der Waals surface area contributed by atoms with Crippen molar-refractivity contribution in [1.82, 2.24) is 0 Å². The van der Waals surface area contributed by atoms with Crippen LogP contribution in [0.1, 0.15) is 0 Å². The number of nitro benzene ring substituents is 1. The highest BCUT2D eigenvalue weighted by Crippen LogP contribution is 2.25. The van der Waals surface area contributed by atoms with E-state index >= 15 is 0 Å². The van der Waals surface area contributed by atoms with Crippen LogP contribution in [0.3, 0.4) is 0 Å². The van der Waals surface area contributed by atoms with E-state index in [0.717, 1.165) is 0 Å². The predicted molar refractivity (Wildman–Crippen MR) is 53.7 cm³/mol. The molecule has 15 heavy (non-hydrogen) atoms. The third kappa shape index (κ3) is 3.19. The van der Waals surface area contributed by atoms with E-state index in [1.165, 1.54) is 12.1 Å². The summed E-state index contributed by atoms with van der Waals surface area (Å²) in [5, 5.41) is 19.7. The molecule has 0 radical (unpaired) electrons. The summed E-state index contributed by atoms with van der Waals surface area (Å²) >= 11 is 0. The number of nitro groups is 1. The second kappa shape index (κ2) is 5.28. The van der Waals surface area contributed by atoms with Crippen LogP contribution < -0.4 is 10.5 Å². The molecule has 1 atom stereocenters. The Bertz CT molecular complexity index is 343. The van der Waals surface area contributed by atoms with Crippen LogP contribution in [0.15, 0.2) is 24.3 Å². The molecule has 0 amide bonds. The van der Waals surface area contributed by atoms with E-state index in [1.807, 2.05) is 0 Å². The second-order valence-corrected chi connectivity index (χ2v) is 2.93. The molecule has 0 fully saturated rings. The number of ether oxygens (including phenoxy) is 1. The number of aliphatic hydroxyl groups excluding tert-OH is 1. The summed E-state index contributed by atoms with van der Waals surface area (Å²) in [6.45, 7) is 0.00197. The van der Waals surface area contributed by atoms with Crippen molar-refractivity contribution in [2.45, 2.75) is 6.10 Å². The van der Waals surface area contributed by atoms with E-state index in [0.29, 0.717) is 0 Å². The first kappa shape index (κ1) is 11.4. The van der Waals surface area contributed by atoms with Gasteiger partial charge < -0.3 is 15.6 Å². The Balaban J connectivity index is 2.72. The third-order valence-electron chi connectivity index (χ3n) is 1.77. The van der Waals surface area contributed by atoms with Crippen molar-refractivity contribution in [1.29, 1.82) is 0 Å². The highest BCUT2D eigenvalue weighted by atomic mass is 16.6. The Kier molecular flexibility index (Phi) is 4.02. The first-order valence-electron chi connectivity index (χ1n) is 4.39. The van der Waals surface area contributed by atoms with Crippen LogP contribution in [0.2, 0.25) is 0 Å². The molecule has 1 rings (SSSR count). The van der Waals surface area contributed by atoms with Gasteiger partial charge in [-0.3, -0.25) is 10.1 Å². The number of rotatable bonds is 5. The Morgan fingerprint density at radius 3 is 2.80 bits per heavy atom. The Hall–Kier alpha value is -1.66. The fourth-order valence-electron chi connectivity index (χ4n) is 0.984. The van der Waals surface area contributed by atoms with Crippen LogP contribution in [-0.4, -0.2) is 29.3 Å². The molecule has 0 saturated carbocycles. The first-order chi connectivity index (χ1) is 7.15. The molecule has 0 saturated heterocycles. The van der Waals surface area contributed by atoms with Gasteiger partial charge in [-0.05, 0) is 6.07 Å². The molecule has 0 aliphatic heterocycles. The monoisotopic (exact) mass is 212 g/mol. The summed E-state index contributed by atoms with van der Waals surface area (Å²) in [6, 6.07) is 5.98. The average Bonchev–Trinajstić information content (AvgIpc) is 2.26. The zero-order valence-electron chi connectivity index (χ0n) is 8.00. The van der Waals surface area contributed by atoms with Crippen LogP contribution in [0.25, 0.3) is 0 Å². The standard InChI is InChI=1S/C9H12N2O4/c10-5-7(12)6-15-9-4-2-1-3-8(9)11(13)14/h1-4,7,12H,5-6,10H2. The summed E-state index contributed by atoms with van der Waals surface area (Å²) in [4.78, 5) is 10.0. The van der Waals surface area contributed by atoms with E-state index in [9.17, 15) is 10.1 Å². The molecule has 1 aromatic carbocycles. The minimum Gasteiger partial charge on any atom is -0.484 e. The lowest BCUT2D eigenvalue weighted by atomic mass is 10.3. The van der Waals surface area contributed by atoms with Crippen LogP contribution in [0, 0.1) is 10.1 Å². The Morgan fingerprint density at radius 2 is 2.20 bits per heavy atom. The van der Waals surface area contributed by atoms with Gasteiger partial charge in [-0.1, -0.05) is 12.1 Å². The topological polar surface area (TPSA) is 98.6 Å². The van der Waals surface area contributed by atoms with Crippen LogP contribution >= 0.6 is 0 Å². The molecule has 1 unspecified atom stereocenters. The zero-order chi connectivity index (χ0) is 11.3. The molecular formula is C9H12N2O4. The molecule has 0 aromatic heterocycles. The van der Waals surface area contributed by atoms with Gasteiger partial charge in [-0.2, -0.15) is 0 Å². The fraction of sp³-hybridized carbons (Fsp3) is 0.333. The van der Waals surface area contributed by atoms with Crippen molar-refractivity contribution >= 4 is 5.69 Å². The maximum atomic E-state index is 10.6. The predicted octanol–water partition coefficient (Wildman–Crippen LogP) is 0.293. The molecule has 82 valence electrons. The van der Waals surface area contributed by atoms with Gasteiger partial charge in [0.2, 0.25) is 0 Å². The van der Waals surface area contributed by atoms with Gasteiger partial charge in [0.15, 0.2) is 5.75 Å². The highest BCUT2D eigenvalue weighted by Gasteiger charge is 2.14. The summed E-state index contributed by atoms with van der Waals surface area (Å²) in [7, 11) is 0. The van der Waals surface area contributed by atoms with Gasteiger partial charge >= 0.3 is 5.69 Å². The van der Waals surface area contributed by atoms with E-state index < -0.39 is 11.0 Å². The molecule has 0 spiro atoms. The lowest BCUT2D eigenvalue weighted by Crippen LogP contribution is -2.26. The normalized spacial score (nSPS) is 12.1. The zero-order valence-corrected chi connectivity index (χ0v) is 8.00. The molecule has 0 heterocycles. The number of aliphatic hydroxyl groups is 1. The lowest BCUT2D eigenvalue weighted by Gasteiger charge is -2.09. The van der Waals surface area contributed by atoms with Crippen molar-refractivity contribution in [2.24, 2.45) is 5.73 Å². The van der Waals surface area contributed by atoms with Gasteiger partial charge in [-0.25, -0.2) is 0 Å². The molecule has 3 N–H and O–H groups in total. The summed E-state index contributed by atoms with van der Waals surface area (Å²) in [6.07, 6.45) is -0.815. The average molecular weight is 212 g/mol. The second-order valence-electron chi connectivity index (χ2n) is 2.93. The highest BCUT2D eigenvalue weighted by molar-refractivity contribution is 5.45. The number of benzene rings is 1. The van der Waals surface area contributed by atoms with E-state index in [2.05, 4.69) is 0 Å². The van der Waals surface area contributed by atoms with Gasteiger partial charge in [0.05, 0.1) is 4.92 Å². The van der Waals surface area contributed by atoms with Crippen molar-refractivity contribution < 1.29 is 14.8 Å². The molecular weight excluding hydrogens is 200 g/mol.